The second-order valence-electron chi connectivity index (χ2n) is 6.07. The molecule has 0 saturated heterocycles. The van der Waals surface area contributed by atoms with E-state index >= 15 is 0 Å². The number of carbonyl (C=O) groups excluding carboxylic acids is 3. The molecule has 0 N–H and O–H groups in total. The molecular weight excluding hydrogens is 330 g/mol. The molecule has 1 heterocycles. The molecule has 0 bridgehead atoms. The first-order valence-corrected chi connectivity index (χ1v) is 8.15. The molecule has 128 valence electrons. The molecule has 4 rings (SSSR count). The van der Waals surface area contributed by atoms with Crippen LogP contribution >= 0.6 is 0 Å². The number of esters is 1. The second-order valence-corrected chi connectivity index (χ2v) is 6.07. The van der Waals surface area contributed by atoms with Crippen LogP contribution in [0.5, 0.6) is 0 Å². The van der Waals surface area contributed by atoms with E-state index < -0.39 is 0 Å². The number of hydrogen-bond acceptors (Lipinski definition) is 4. The van der Waals surface area contributed by atoms with Gasteiger partial charge in [-0.2, -0.15) is 0 Å². The van der Waals surface area contributed by atoms with Crippen molar-refractivity contribution in [3.63, 3.8) is 0 Å². The summed E-state index contributed by atoms with van der Waals surface area (Å²) in [6.07, 6.45) is 3.37. The summed E-state index contributed by atoms with van der Waals surface area (Å²) in [5.41, 5.74) is 2.56. The molecule has 0 spiro atoms. The summed E-state index contributed by atoms with van der Waals surface area (Å²) in [4.78, 5) is 36.9. The summed E-state index contributed by atoms with van der Waals surface area (Å²) >= 11 is 0. The minimum atomic E-state index is -0.370. The van der Waals surface area contributed by atoms with E-state index in [1.807, 2.05) is 24.3 Å². The fraction of sp³-hybridized carbons (Fsp3) is 0.0952. The van der Waals surface area contributed by atoms with Gasteiger partial charge in [0.25, 0.3) is 0 Å². The molecule has 0 radical (unpaired) electrons. The Bertz CT molecular complexity index is 1070. The topological polar surface area (TPSA) is 65.4 Å². The zero-order valence-corrected chi connectivity index (χ0v) is 14.1. The third kappa shape index (κ3) is 2.45. The summed E-state index contributed by atoms with van der Waals surface area (Å²) in [5, 5.41) is 0.862. The van der Waals surface area contributed by atoms with Gasteiger partial charge in [0.1, 0.15) is 6.54 Å². The molecule has 3 aromatic rings. The number of hydrogen-bond donors (Lipinski definition) is 0. The number of carbonyl (C=O) groups is 3. The zero-order chi connectivity index (χ0) is 18.3. The van der Waals surface area contributed by atoms with Crippen LogP contribution in [0.3, 0.4) is 0 Å². The lowest BCUT2D eigenvalue weighted by molar-refractivity contribution is -0.141. The van der Waals surface area contributed by atoms with Gasteiger partial charge in [-0.25, -0.2) is 0 Å². The van der Waals surface area contributed by atoms with Crippen molar-refractivity contribution in [2.45, 2.75) is 6.54 Å². The molecular formula is C21H15NO4. The Kier molecular flexibility index (Phi) is 3.77. The van der Waals surface area contributed by atoms with E-state index in [9.17, 15) is 14.4 Å². The molecule has 1 aromatic heterocycles. The van der Waals surface area contributed by atoms with Gasteiger partial charge >= 0.3 is 5.97 Å². The van der Waals surface area contributed by atoms with Crippen LogP contribution in [0.15, 0.2) is 60.3 Å². The lowest BCUT2D eigenvalue weighted by atomic mass is 10.1. The van der Waals surface area contributed by atoms with Crippen LogP contribution in [-0.2, 0) is 16.1 Å². The first kappa shape index (κ1) is 16.0. The Morgan fingerprint density at radius 2 is 1.62 bits per heavy atom. The summed E-state index contributed by atoms with van der Waals surface area (Å²) in [6.45, 7) is 0.0578. The molecule has 5 nitrogen and oxygen atoms in total. The van der Waals surface area contributed by atoms with Gasteiger partial charge in [0.05, 0.1) is 12.7 Å². The normalized spacial score (nSPS) is 13.2. The summed E-state index contributed by atoms with van der Waals surface area (Å²) < 4.78 is 6.49. The lowest BCUT2D eigenvalue weighted by Gasteiger charge is -2.02. The predicted molar refractivity (Wildman–Crippen MR) is 97.0 cm³/mol. The largest absolute Gasteiger partial charge is 0.468 e. The Balaban J connectivity index is 1.84. The maximum absolute atomic E-state index is 12.6. The molecule has 0 amide bonds. The maximum atomic E-state index is 12.6. The molecule has 0 aliphatic heterocycles. The van der Waals surface area contributed by atoms with E-state index in [1.54, 1.807) is 41.1 Å². The number of aromatic nitrogens is 1. The molecule has 1 aliphatic carbocycles. The van der Waals surface area contributed by atoms with Crippen molar-refractivity contribution in [2.75, 3.05) is 7.11 Å². The van der Waals surface area contributed by atoms with Crippen molar-refractivity contribution in [2.24, 2.45) is 0 Å². The number of nitrogens with zero attached hydrogens (tertiary/aromatic N) is 1. The minimum Gasteiger partial charge on any atom is -0.468 e. The first-order valence-electron chi connectivity index (χ1n) is 8.15. The Morgan fingerprint density at radius 1 is 1.00 bits per heavy atom. The van der Waals surface area contributed by atoms with Gasteiger partial charge < -0.3 is 9.30 Å². The standard InChI is InChI=1S/C21H15NO4/c1-26-19(23)12-22-11-13(14-6-4-5-9-18(14)22)10-17-20(24)15-7-2-3-8-16(15)21(17)25/h2-11H,12H2,1H3. The SMILES string of the molecule is COC(=O)Cn1cc(C=C2C(=O)c3ccccc3C2=O)c2ccccc21. The van der Waals surface area contributed by atoms with Crippen LogP contribution in [0.2, 0.25) is 0 Å². The minimum absolute atomic E-state index is 0.0578. The number of allylic oxidation sites excluding steroid dienone is 1. The fourth-order valence-corrected chi connectivity index (χ4v) is 3.28. The number of rotatable bonds is 3. The Morgan fingerprint density at radius 3 is 2.27 bits per heavy atom. The smallest absolute Gasteiger partial charge is 0.325 e. The van der Waals surface area contributed by atoms with E-state index in [-0.39, 0.29) is 29.7 Å². The predicted octanol–water partition coefficient (Wildman–Crippen LogP) is 3.28. The molecule has 0 fully saturated rings. The van der Waals surface area contributed by atoms with E-state index in [4.69, 9.17) is 4.74 Å². The number of benzene rings is 2. The van der Waals surface area contributed by atoms with Gasteiger partial charge in [-0.1, -0.05) is 42.5 Å². The third-order valence-electron chi connectivity index (χ3n) is 4.55. The van der Waals surface area contributed by atoms with Gasteiger partial charge in [-0.15, -0.1) is 0 Å². The average molecular weight is 345 g/mol. The Hall–Kier alpha value is -3.47. The van der Waals surface area contributed by atoms with E-state index in [0.717, 1.165) is 10.9 Å². The highest BCUT2D eigenvalue weighted by molar-refractivity contribution is 6.41. The molecule has 0 saturated carbocycles. The van der Waals surface area contributed by atoms with Crippen molar-refractivity contribution in [3.05, 3.63) is 77.0 Å². The molecule has 1 aliphatic rings. The molecule has 0 unspecified atom stereocenters. The number of para-hydroxylation sites is 1. The lowest BCUT2D eigenvalue weighted by Crippen LogP contribution is -2.10. The molecule has 5 heteroatoms. The zero-order valence-electron chi connectivity index (χ0n) is 14.1. The third-order valence-corrected chi connectivity index (χ3v) is 4.55. The molecule has 26 heavy (non-hydrogen) atoms. The fourth-order valence-electron chi connectivity index (χ4n) is 3.28. The van der Waals surface area contributed by atoms with E-state index in [2.05, 4.69) is 0 Å². The van der Waals surface area contributed by atoms with Gasteiger partial charge in [0.2, 0.25) is 0 Å². The van der Waals surface area contributed by atoms with Crippen LogP contribution in [0.4, 0.5) is 0 Å². The van der Waals surface area contributed by atoms with Crippen molar-refractivity contribution >= 4 is 34.5 Å². The number of methoxy groups -OCH3 is 1. The van der Waals surface area contributed by atoms with Crippen LogP contribution in [0.1, 0.15) is 26.3 Å². The summed E-state index contributed by atoms with van der Waals surface area (Å²) in [6, 6.07) is 14.3. The summed E-state index contributed by atoms with van der Waals surface area (Å²) in [5.74, 6) is -0.906. The van der Waals surface area contributed by atoms with Crippen LogP contribution in [0.25, 0.3) is 17.0 Å². The number of fused-ring (bicyclic) bond motifs is 2. The number of Topliss-reactive ketones (excluding diaryl/α,β-unsaturated/α-hetero) is 2. The van der Waals surface area contributed by atoms with E-state index in [0.29, 0.717) is 16.7 Å². The van der Waals surface area contributed by atoms with Gasteiger partial charge in [0.15, 0.2) is 11.6 Å². The highest BCUT2D eigenvalue weighted by Crippen LogP contribution is 2.30. The highest BCUT2D eigenvalue weighted by atomic mass is 16.5. The number of ether oxygens (including phenoxy) is 1. The van der Waals surface area contributed by atoms with E-state index in [1.165, 1.54) is 7.11 Å². The van der Waals surface area contributed by atoms with Crippen LogP contribution in [-0.4, -0.2) is 29.2 Å². The monoisotopic (exact) mass is 345 g/mol. The van der Waals surface area contributed by atoms with Gasteiger partial charge in [-0.05, 0) is 12.1 Å². The number of ketones is 2. The Labute approximate surface area is 149 Å². The van der Waals surface area contributed by atoms with Gasteiger partial charge in [-0.3, -0.25) is 14.4 Å². The highest BCUT2D eigenvalue weighted by Gasteiger charge is 2.32. The second kappa shape index (κ2) is 6.11. The average Bonchev–Trinajstić information content (AvgIpc) is 3.13. The van der Waals surface area contributed by atoms with Crippen molar-refractivity contribution in [1.82, 2.24) is 4.57 Å². The van der Waals surface area contributed by atoms with Crippen molar-refractivity contribution in [3.8, 4) is 0 Å². The van der Waals surface area contributed by atoms with Gasteiger partial charge in [0, 0.05) is 33.8 Å². The van der Waals surface area contributed by atoms with Crippen molar-refractivity contribution < 1.29 is 19.1 Å². The molecule has 0 atom stereocenters. The quantitative estimate of drug-likeness (QED) is 0.415. The van der Waals surface area contributed by atoms with Crippen LogP contribution in [0, 0.1) is 0 Å². The maximum Gasteiger partial charge on any atom is 0.325 e. The van der Waals surface area contributed by atoms with Crippen LogP contribution < -0.4 is 0 Å². The van der Waals surface area contributed by atoms with Crippen molar-refractivity contribution in [1.29, 1.82) is 0 Å². The summed E-state index contributed by atoms with van der Waals surface area (Å²) in [7, 11) is 1.34. The molecule has 2 aromatic carbocycles. The first-order chi connectivity index (χ1) is 12.6.